The number of rotatable bonds is 11. The van der Waals surface area contributed by atoms with Crippen LogP contribution < -0.4 is 5.32 Å². The Labute approximate surface area is 131 Å². The van der Waals surface area contributed by atoms with Gasteiger partial charge in [-0.2, -0.15) is 0 Å². The summed E-state index contributed by atoms with van der Waals surface area (Å²) < 4.78 is 5.71. The van der Waals surface area contributed by atoms with Crippen molar-refractivity contribution < 1.29 is 9.84 Å². The van der Waals surface area contributed by atoms with Gasteiger partial charge in [-0.15, -0.1) is 0 Å². The summed E-state index contributed by atoms with van der Waals surface area (Å²) in [6.45, 7) is 11.0. The summed E-state index contributed by atoms with van der Waals surface area (Å²) in [4.78, 5) is 0. The van der Waals surface area contributed by atoms with Crippen molar-refractivity contribution in [2.45, 2.75) is 84.8 Å². The van der Waals surface area contributed by atoms with Gasteiger partial charge in [-0.3, -0.25) is 0 Å². The molecule has 0 aliphatic heterocycles. The van der Waals surface area contributed by atoms with Crippen LogP contribution in [0.4, 0.5) is 0 Å². The number of aliphatic hydroxyl groups is 1. The standard InChI is InChI=1S/C18H37NO2/c1-5-7-8-15(6-2)13-21-14-17(20)12-19-16-9-10-18(3,4)11-16/h15-17,19-20H,5-14H2,1-4H3. The number of unbranched alkanes of at least 4 members (excludes halogenated alkanes) is 1. The van der Waals surface area contributed by atoms with Crippen LogP contribution in [0.5, 0.6) is 0 Å². The quantitative estimate of drug-likeness (QED) is 0.610. The van der Waals surface area contributed by atoms with Gasteiger partial charge in [0.2, 0.25) is 0 Å². The molecular weight excluding hydrogens is 262 g/mol. The first-order valence-electron chi connectivity index (χ1n) is 8.96. The average Bonchev–Trinajstić information content (AvgIpc) is 2.80. The lowest BCUT2D eigenvalue weighted by Gasteiger charge is -2.20. The van der Waals surface area contributed by atoms with Crippen molar-refractivity contribution in [3.05, 3.63) is 0 Å². The summed E-state index contributed by atoms with van der Waals surface area (Å²) in [5, 5.41) is 13.5. The molecule has 0 radical (unpaired) electrons. The molecule has 0 saturated heterocycles. The van der Waals surface area contributed by atoms with Crippen LogP contribution in [-0.4, -0.2) is 37.0 Å². The Balaban J connectivity index is 2.07. The molecule has 0 amide bonds. The molecule has 3 heteroatoms. The molecule has 0 aromatic carbocycles. The van der Waals surface area contributed by atoms with Gasteiger partial charge in [0.05, 0.1) is 12.7 Å². The van der Waals surface area contributed by atoms with Crippen LogP contribution in [0, 0.1) is 11.3 Å². The summed E-state index contributed by atoms with van der Waals surface area (Å²) in [7, 11) is 0. The maximum atomic E-state index is 10.0. The Kier molecular flexibility index (Phi) is 8.84. The summed E-state index contributed by atoms with van der Waals surface area (Å²) in [5.74, 6) is 0.653. The van der Waals surface area contributed by atoms with E-state index in [0.29, 0.717) is 30.5 Å². The van der Waals surface area contributed by atoms with Gasteiger partial charge in [0, 0.05) is 19.2 Å². The zero-order valence-corrected chi connectivity index (χ0v) is 14.7. The molecule has 3 atom stereocenters. The van der Waals surface area contributed by atoms with E-state index < -0.39 is 0 Å². The molecule has 3 nitrogen and oxygen atoms in total. The van der Waals surface area contributed by atoms with E-state index in [0.717, 1.165) is 6.61 Å². The predicted molar refractivity (Wildman–Crippen MR) is 89.6 cm³/mol. The van der Waals surface area contributed by atoms with E-state index in [4.69, 9.17) is 4.74 Å². The van der Waals surface area contributed by atoms with Gasteiger partial charge >= 0.3 is 0 Å². The highest BCUT2D eigenvalue weighted by molar-refractivity contribution is 4.86. The van der Waals surface area contributed by atoms with Crippen molar-refractivity contribution in [2.75, 3.05) is 19.8 Å². The van der Waals surface area contributed by atoms with Crippen LogP contribution in [0.15, 0.2) is 0 Å². The summed E-state index contributed by atoms with van der Waals surface area (Å²) in [6, 6.07) is 0.572. The van der Waals surface area contributed by atoms with Crippen molar-refractivity contribution in [1.29, 1.82) is 0 Å². The van der Waals surface area contributed by atoms with E-state index in [-0.39, 0.29) is 6.10 Å². The molecule has 21 heavy (non-hydrogen) atoms. The smallest absolute Gasteiger partial charge is 0.0897 e. The second-order valence-electron chi connectivity index (χ2n) is 7.62. The van der Waals surface area contributed by atoms with Gasteiger partial charge in [-0.1, -0.05) is 47.0 Å². The minimum absolute atomic E-state index is 0.377. The van der Waals surface area contributed by atoms with E-state index in [1.54, 1.807) is 0 Å². The van der Waals surface area contributed by atoms with Crippen LogP contribution in [-0.2, 0) is 4.74 Å². The topological polar surface area (TPSA) is 41.5 Å². The van der Waals surface area contributed by atoms with Crippen LogP contribution in [0.2, 0.25) is 0 Å². The zero-order chi connectivity index (χ0) is 15.7. The Hall–Kier alpha value is -0.120. The van der Waals surface area contributed by atoms with Gasteiger partial charge in [-0.05, 0) is 37.0 Å². The normalized spacial score (nSPS) is 24.1. The highest BCUT2D eigenvalue weighted by Crippen LogP contribution is 2.36. The van der Waals surface area contributed by atoms with Crippen molar-refractivity contribution in [1.82, 2.24) is 5.32 Å². The minimum atomic E-state index is -0.377. The van der Waals surface area contributed by atoms with Gasteiger partial charge in [0.1, 0.15) is 0 Å². The highest BCUT2D eigenvalue weighted by Gasteiger charge is 2.30. The van der Waals surface area contributed by atoms with Crippen LogP contribution in [0.1, 0.15) is 72.6 Å². The summed E-state index contributed by atoms with van der Waals surface area (Å²) in [6.07, 6.45) is 8.31. The predicted octanol–water partition coefficient (Wildman–Crippen LogP) is 3.75. The molecule has 0 heterocycles. The number of aliphatic hydroxyl groups excluding tert-OH is 1. The van der Waals surface area contributed by atoms with E-state index in [1.807, 2.05) is 0 Å². The molecule has 3 unspecified atom stereocenters. The second kappa shape index (κ2) is 9.81. The zero-order valence-electron chi connectivity index (χ0n) is 14.7. The molecular formula is C18H37NO2. The Morgan fingerprint density at radius 2 is 2.05 bits per heavy atom. The van der Waals surface area contributed by atoms with Crippen LogP contribution in [0.3, 0.4) is 0 Å². The lowest BCUT2D eigenvalue weighted by molar-refractivity contribution is 0.0182. The van der Waals surface area contributed by atoms with Crippen LogP contribution >= 0.6 is 0 Å². The van der Waals surface area contributed by atoms with E-state index in [9.17, 15) is 5.11 Å². The van der Waals surface area contributed by atoms with Crippen molar-refractivity contribution in [3.8, 4) is 0 Å². The maximum absolute atomic E-state index is 10.0. The molecule has 1 rings (SSSR count). The molecule has 126 valence electrons. The lowest BCUT2D eigenvalue weighted by atomic mass is 9.92. The van der Waals surface area contributed by atoms with Gasteiger partial charge < -0.3 is 15.2 Å². The third-order valence-corrected chi connectivity index (χ3v) is 4.82. The maximum Gasteiger partial charge on any atom is 0.0897 e. The largest absolute Gasteiger partial charge is 0.389 e. The fourth-order valence-corrected chi connectivity index (χ4v) is 3.24. The molecule has 0 aromatic rings. The SMILES string of the molecule is CCCCC(CC)COCC(O)CNC1CCC(C)(C)C1. The molecule has 0 bridgehead atoms. The lowest BCUT2D eigenvalue weighted by Crippen LogP contribution is -2.36. The molecule has 0 aromatic heterocycles. The monoisotopic (exact) mass is 299 g/mol. The number of nitrogens with one attached hydrogen (secondary N) is 1. The first kappa shape index (κ1) is 18.9. The second-order valence-corrected chi connectivity index (χ2v) is 7.62. The first-order valence-corrected chi connectivity index (χ1v) is 8.96. The third kappa shape index (κ3) is 8.18. The van der Waals surface area contributed by atoms with E-state index in [2.05, 4.69) is 33.0 Å². The first-order chi connectivity index (χ1) is 9.96. The van der Waals surface area contributed by atoms with Crippen molar-refractivity contribution in [2.24, 2.45) is 11.3 Å². The summed E-state index contributed by atoms with van der Waals surface area (Å²) >= 11 is 0. The van der Waals surface area contributed by atoms with Gasteiger partial charge in [0.15, 0.2) is 0 Å². The average molecular weight is 299 g/mol. The van der Waals surface area contributed by atoms with Crippen LogP contribution in [0.25, 0.3) is 0 Å². The number of hydrogen-bond acceptors (Lipinski definition) is 3. The van der Waals surface area contributed by atoms with E-state index >= 15 is 0 Å². The van der Waals surface area contributed by atoms with Gasteiger partial charge in [0.25, 0.3) is 0 Å². The van der Waals surface area contributed by atoms with E-state index in [1.165, 1.54) is 44.9 Å². The fourth-order valence-electron chi connectivity index (χ4n) is 3.24. The Bertz CT molecular complexity index is 268. The number of hydrogen-bond donors (Lipinski definition) is 2. The molecule has 1 saturated carbocycles. The Morgan fingerprint density at radius 3 is 2.62 bits per heavy atom. The molecule has 1 aliphatic rings. The molecule has 1 aliphatic carbocycles. The molecule has 0 spiro atoms. The fraction of sp³-hybridized carbons (Fsp3) is 1.00. The Morgan fingerprint density at radius 1 is 1.29 bits per heavy atom. The molecule has 2 N–H and O–H groups in total. The van der Waals surface area contributed by atoms with Gasteiger partial charge in [-0.25, -0.2) is 0 Å². The highest BCUT2D eigenvalue weighted by atomic mass is 16.5. The van der Waals surface area contributed by atoms with Crippen molar-refractivity contribution >= 4 is 0 Å². The minimum Gasteiger partial charge on any atom is -0.389 e. The third-order valence-electron chi connectivity index (χ3n) is 4.82. The number of ether oxygens (including phenoxy) is 1. The van der Waals surface area contributed by atoms with Crippen molar-refractivity contribution in [3.63, 3.8) is 0 Å². The molecule has 1 fully saturated rings. The summed E-state index contributed by atoms with van der Waals surface area (Å²) in [5.41, 5.74) is 0.465.